The van der Waals surface area contributed by atoms with Crippen LogP contribution in [0.3, 0.4) is 0 Å². The van der Waals surface area contributed by atoms with Crippen LogP contribution in [-0.2, 0) is 0 Å². The van der Waals surface area contributed by atoms with Crippen molar-refractivity contribution in [1.82, 2.24) is 0 Å². The van der Waals surface area contributed by atoms with Crippen LogP contribution in [0.25, 0.3) is 0 Å². The molecule has 0 saturated heterocycles. The van der Waals surface area contributed by atoms with E-state index >= 15 is 0 Å². The van der Waals surface area contributed by atoms with Gasteiger partial charge in [0.1, 0.15) is 0 Å². The van der Waals surface area contributed by atoms with Crippen molar-refractivity contribution in [2.24, 2.45) is 5.73 Å². The first-order valence-electron chi connectivity index (χ1n) is 5.45. The number of hydrogen-bond donors (Lipinski definition) is 1. The molecule has 0 spiro atoms. The smallest absolute Gasteiger partial charge is 0.0562 e. The zero-order valence-corrected chi connectivity index (χ0v) is 10.8. The summed E-state index contributed by atoms with van der Waals surface area (Å²) >= 11 is 1.72. The topological polar surface area (TPSA) is 26.0 Å². The van der Waals surface area contributed by atoms with E-state index in [1.54, 1.807) is 11.3 Å². The Morgan fingerprint density at radius 1 is 1.00 bits per heavy atom. The summed E-state index contributed by atoms with van der Waals surface area (Å²) in [6.07, 6.45) is 0. The fraction of sp³-hybridized carbons (Fsp3) is 0.286. The van der Waals surface area contributed by atoms with Crippen molar-refractivity contribution in [2.75, 3.05) is 0 Å². The Hall–Kier alpha value is -1.12. The maximum Gasteiger partial charge on any atom is 0.0562 e. The third-order valence-electron chi connectivity index (χ3n) is 3.12. The van der Waals surface area contributed by atoms with Gasteiger partial charge in [-0.2, -0.15) is 11.3 Å². The molecule has 1 unspecified atom stereocenters. The van der Waals surface area contributed by atoms with Crippen LogP contribution < -0.4 is 5.73 Å². The molecule has 0 aliphatic carbocycles. The average Bonchev–Trinajstić information content (AvgIpc) is 2.67. The van der Waals surface area contributed by atoms with Crippen LogP contribution in [0.2, 0.25) is 0 Å². The highest BCUT2D eigenvalue weighted by Crippen LogP contribution is 2.26. The first-order valence-corrected chi connectivity index (χ1v) is 6.39. The van der Waals surface area contributed by atoms with Crippen LogP contribution in [-0.4, -0.2) is 0 Å². The second-order valence-corrected chi connectivity index (χ2v) is 5.08. The van der Waals surface area contributed by atoms with Gasteiger partial charge in [-0.1, -0.05) is 18.2 Å². The minimum atomic E-state index is 0.00514. The van der Waals surface area contributed by atoms with Gasteiger partial charge in [-0.25, -0.2) is 0 Å². The molecule has 2 heteroatoms. The Bertz CT molecular complexity index is 499. The molecule has 0 fully saturated rings. The molecule has 0 bridgehead atoms. The lowest BCUT2D eigenvalue weighted by Gasteiger charge is -2.13. The third kappa shape index (κ3) is 2.04. The van der Waals surface area contributed by atoms with Crippen molar-refractivity contribution >= 4 is 11.3 Å². The summed E-state index contributed by atoms with van der Waals surface area (Å²) in [5.74, 6) is 0. The van der Waals surface area contributed by atoms with E-state index in [0.29, 0.717) is 0 Å². The minimum absolute atomic E-state index is 0.00514. The van der Waals surface area contributed by atoms with Crippen molar-refractivity contribution < 1.29 is 0 Å². The van der Waals surface area contributed by atoms with E-state index in [9.17, 15) is 0 Å². The highest BCUT2D eigenvalue weighted by Gasteiger charge is 2.12. The van der Waals surface area contributed by atoms with Crippen molar-refractivity contribution in [3.63, 3.8) is 0 Å². The van der Waals surface area contributed by atoms with Crippen LogP contribution in [0.1, 0.15) is 33.9 Å². The monoisotopic (exact) mass is 231 g/mol. The summed E-state index contributed by atoms with van der Waals surface area (Å²) in [5.41, 5.74) is 12.6. The Kier molecular flexibility index (Phi) is 3.13. The molecule has 2 rings (SSSR count). The van der Waals surface area contributed by atoms with E-state index in [1.807, 2.05) is 0 Å². The minimum Gasteiger partial charge on any atom is -0.320 e. The molecule has 0 aliphatic rings. The van der Waals surface area contributed by atoms with E-state index in [-0.39, 0.29) is 6.04 Å². The van der Waals surface area contributed by atoms with Gasteiger partial charge in [0, 0.05) is 0 Å². The molecule has 1 aromatic heterocycles. The van der Waals surface area contributed by atoms with E-state index in [0.717, 1.165) is 0 Å². The van der Waals surface area contributed by atoms with Gasteiger partial charge in [0.2, 0.25) is 0 Å². The molecule has 16 heavy (non-hydrogen) atoms. The van der Waals surface area contributed by atoms with Gasteiger partial charge in [0.25, 0.3) is 0 Å². The van der Waals surface area contributed by atoms with Crippen LogP contribution in [0.5, 0.6) is 0 Å². The van der Waals surface area contributed by atoms with Gasteiger partial charge >= 0.3 is 0 Å². The molecular formula is C14H17NS. The molecule has 0 amide bonds. The predicted octanol–water partition coefficient (Wildman–Crippen LogP) is 3.72. The number of aryl methyl sites for hydroxylation is 3. The van der Waals surface area contributed by atoms with Gasteiger partial charge in [0.05, 0.1) is 6.04 Å². The number of benzene rings is 1. The fourth-order valence-electron chi connectivity index (χ4n) is 1.83. The normalized spacial score (nSPS) is 12.8. The van der Waals surface area contributed by atoms with Crippen LogP contribution in [0, 0.1) is 20.8 Å². The van der Waals surface area contributed by atoms with E-state index in [4.69, 9.17) is 5.73 Å². The summed E-state index contributed by atoms with van der Waals surface area (Å²) in [6.45, 7) is 6.37. The third-order valence-corrected chi connectivity index (χ3v) is 4.00. The van der Waals surface area contributed by atoms with Gasteiger partial charge in [0.15, 0.2) is 0 Å². The van der Waals surface area contributed by atoms with Crippen LogP contribution in [0.15, 0.2) is 29.0 Å². The molecule has 1 atom stereocenters. The zero-order valence-electron chi connectivity index (χ0n) is 9.95. The Morgan fingerprint density at radius 2 is 1.75 bits per heavy atom. The summed E-state index contributed by atoms with van der Waals surface area (Å²) in [7, 11) is 0. The fourth-order valence-corrected chi connectivity index (χ4v) is 2.71. The Balaban J connectivity index is 2.38. The lowest BCUT2D eigenvalue weighted by molar-refractivity contribution is 0.865. The highest BCUT2D eigenvalue weighted by molar-refractivity contribution is 7.08. The summed E-state index contributed by atoms with van der Waals surface area (Å²) in [5, 5.41) is 4.30. The number of nitrogens with two attached hydrogens (primary N) is 1. The molecule has 0 aliphatic heterocycles. The summed E-state index contributed by atoms with van der Waals surface area (Å²) < 4.78 is 0. The summed E-state index contributed by atoms with van der Waals surface area (Å²) in [4.78, 5) is 0. The van der Waals surface area contributed by atoms with Gasteiger partial charge in [-0.05, 0) is 59.3 Å². The molecule has 1 nitrogen and oxygen atoms in total. The van der Waals surface area contributed by atoms with Crippen molar-refractivity contribution in [2.45, 2.75) is 26.8 Å². The number of thiophene rings is 1. The van der Waals surface area contributed by atoms with Crippen LogP contribution in [0.4, 0.5) is 0 Å². The predicted molar refractivity (Wildman–Crippen MR) is 71.0 cm³/mol. The average molecular weight is 231 g/mol. The molecule has 84 valence electrons. The van der Waals surface area contributed by atoms with Crippen molar-refractivity contribution in [3.8, 4) is 0 Å². The van der Waals surface area contributed by atoms with Crippen molar-refractivity contribution in [3.05, 3.63) is 56.8 Å². The zero-order chi connectivity index (χ0) is 11.7. The van der Waals surface area contributed by atoms with Gasteiger partial charge in [-0.3, -0.25) is 0 Å². The molecular weight excluding hydrogens is 214 g/mol. The largest absolute Gasteiger partial charge is 0.320 e. The molecule has 0 saturated carbocycles. The highest BCUT2D eigenvalue weighted by atomic mass is 32.1. The summed E-state index contributed by atoms with van der Waals surface area (Å²) in [6, 6.07) is 6.47. The first-order chi connectivity index (χ1) is 7.59. The second-order valence-electron chi connectivity index (χ2n) is 4.33. The van der Waals surface area contributed by atoms with E-state index < -0.39 is 0 Å². The van der Waals surface area contributed by atoms with Gasteiger partial charge < -0.3 is 5.73 Å². The van der Waals surface area contributed by atoms with E-state index in [1.165, 1.54) is 27.8 Å². The molecule has 1 aromatic carbocycles. The Labute approximate surface area is 101 Å². The Morgan fingerprint density at radius 3 is 2.31 bits per heavy atom. The first kappa shape index (κ1) is 11.4. The molecule has 2 aromatic rings. The second kappa shape index (κ2) is 4.40. The maximum atomic E-state index is 6.29. The molecule has 2 N–H and O–H groups in total. The van der Waals surface area contributed by atoms with Crippen molar-refractivity contribution in [1.29, 1.82) is 0 Å². The lowest BCUT2D eigenvalue weighted by Crippen LogP contribution is -2.12. The van der Waals surface area contributed by atoms with E-state index in [2.05, 4.69) is 49.7 Å². The quantitative estimate of drug-likeness (QED) is 0.837. The van der Waals surface area contributed by atoms with Gasteiger partial charge in [-0.15, -0.1) is 0 Å². The molecule has 0 radical (unpaired) electrons. The maximum absolute atomic E-state index is 6.29. The lowest BCUT2D eigenvalue weighted by atomic mass is 9.96. The SMILES string of the molecule is Cc1ccc(C(N)c2cscc2C)cc1C. The van der Waals surface area contributed by atoms with Crippen LogP contribution >= 0.6 is 11.3 Å². The standard InChI is InChI=1S/C14H17NS/c1-9-4-5-12(6-10(9)2)14(15)13-8-16-7-11(13)3/h4-8,14H,15H2,1-3H3. The number of rotatable bonds is 2. The number of hydrogen-bond acceptors (Lipinski definition) is 2. The molecule has 1 heterocycles.